The van der Waals surface area contributed by atoms with E-state index in [4.69, 9.17) is 14.1 Å². The van der Waals surface area contributed by atoms with E-state index >= 15 is 0 Å². The van der Waals surface area contributed by atoms with Crippen molar-refractivity contribution in [3.05, 3.63) is 34.9 Å². The molecular formula is C30H45BN2O4. The van der Waals surface area contributed by atoms with Gasteiger partial charge < -0.3 is 14.6 Å². The van der Waals surface area contributed by atoms with Crippen LogP contribution in [0.2, 0.25) is 0 Å². The summed E-state index contributed by atoms with van der Waals surface area (Å²) in [7, 11) is -0.301. The van der Waals surface area contributed by atoms with Gasteiger partial charge in [0.25, 0.3) is 5.91 Å². The number of hydroxylamine groups is 2. The molecule has 2 heterocycles. The summed E-state index contributed by atoms with van der Waals surface area (Å²) in [5.41, 5.74) is 3.53. The predicted octanol–water partition coefficient (Wildman–Crippen LogP) is 4.98. The summed E-state index contributed by atoms with van der Waals surface area (Å²) < 4.78 is 13.6. The topological polar surface area (TPSA) is 60.0 Å². The number of amides is 1. The van der Waals surface area contributed by atoms with E-state index in [1.54, 1.807) is 0 Å². The summed E-state index contributed by atoms with van der Waals surface area (Å²) in [5.74, 6) is 1.81. The summed E-state index contributed by atoms with van der Waals surface area (Å²) in [6, 6.07) is 6.31. The molecular weight excluding hydrogens is 463 g/mol. The highest BCUT2D eigenvalue weighted by molar-refractivity contribution is 6.47. The van der Waals surface area contributed by atoms with Crippen molar-refractivity contribution in [1.29, 1.82) is 0 Å². The lowest BCUT2D eigenvalue weighted by Gasteiger charge is -2.64. The highest BCUT2D eigenvalue weighted by Crippen LogP contribution is 2.66. The first kappa shape index (κ1) is 25.9. The van der Waals surface area contributed by atoms with Crippen molar-refractivity contribution in [3.8, 4) is 0 Å². The monoisotopic (exact) mass is 508 g/mol. The van der Waals surface area contributed by atoms with Crippen LogP contribution < -0.4 is 5.32 Å². The highest BCUT2D eigenvalue weighted by atomic mass is 16.7. The molecule has 202 valence electrons. The fourth-order valence-corrected chi connectivity index (χ4v) is 8.27. The molecule has 1 aromatic carbocycles. The molecule has 1 unspecified atom stereocenters. The van der Waals surface area contributed by atoms with Gasteiger partial charge in [0.15, 0.2) is 0 Å². The van der Waals surface area contributed by atoms with Crippen LogP contribution in [0, 0.1) is 23.2 Å². The molecule has 1 N–H and O–H groups in total. The number of hydrogen-bond acceptors (Lipinski definition) is 5. The van der Waals surface area contributed by atoms with Crippen molar-refractivity contribution < 1.29 is 18.9 Å². The number of carbonyl (C=O) groups is 1. The lowest BCUT2D eigenvalue weighted by atomic mass is 9.43. The Bertz CT molecular complexity index is 1030. The van der Waals surface area contributed by atoms with E-state index in [9.17, 15) is 4.79 Å². The first-order chi connectivity index (χ1) is 17.7. The van der Waals surface area contributed by atoms with E-state index in [-0.39, 0.29) is 36.7 Å². The number of carbonyl (C=O) groups excluding carboxylic acids is 1. The molecule has 6 aliphatic rings. The second-order valence-corrected chi connectivity index (χ2v) is 13.5. The summed E-state index contributed by atoms with van der Waals surface area (Å²) >= 11 is 0. The first-order valence-electron chi connectivity index (χ1n) is 14.8. The van der Waals surface area contributed by atoms with Crippen LogP contribution in [-0.2, 0) is 27.0 Å². The van der Waals surface area contributed by atoms with Crippen molar-refractivity contribution in [2.75, 3.05) is 13.2 Å². The maximum Gasteiger partial charge on any atom is 0.478 e. The van der Waals surface area contributed by atoms with Crippen LogP contribution in [0.3, 0.4) is 0 Å². The van der Waals surface area contributed by atoms with Crippen LogP contribution in [0.5, 0.6) is 0 Å². The van der Waals surface area contributed by atoms with Crippen LogP contribution in [0.4, 0.5) is 0 Å². The molecule has 0 aromatic heterocycles. The molecule has 7 heteroatoms. The lowest BCUT2D eigenvalue weighted by Crippen LogP contribution is -2.65. The minimum atomic E-state index is -0.301. The lowest BCUT2D eigenvalue weighted by molar-refractivity contribution is -0.200. The zero-order valence-corrected chi connectivity index (χ0v) is 23.4. The fraction of sp³-hybridized carbons (Fsp3) is 0.767. The number of rotatable bonds is 7. The Morgan fingerprint density at radius 1 is 1.19 bits per heavy atom. The predicted molar refractivity (Wildman–Crippen MR) is 145 cm³/mol. The SMILES string of the molecule is CC(C)C[C@@H](B1O[C@@H]2C[C@@H]3C[C@@H](C3(C)C)[C@]2(C)O1)N1OCCC1CNC(=O)c1cccc2c1CCCC2. The Morgan fingerprint density at radius 3 is 2.78 bits per heavy atom. The van der Waals surface area contributed by atoms with Crippen molar-refractivity contribution in [1.82, 2.24) is 10.4 Å². The molecule has 0 radical (unpaired) electrons. The van der Waals surface area contributed by atoms with Crippen molar-refractivity contribution in [2.24, 2.45) is 23.2 Å². The van der Waals surface area contributed by atoms with Gasteiger partial charge in [-0.1, -0.05) is 39.8 Å². The van der Waals surface area contributed by atoms with Gasteiger partial charge in [-0.25, -0.2) is 0 Å². The maximum absolute atomic E-state index is 13.3. The fourth-order valence-electron chi connectivity index (χ4n) is 8.27. The number of fused-ring (bicyclic) bond motifs is 1. The molecule has 6 atom stereocenters. The highest BCUT2D eigenvalue weighted by Gasteiger charge is 2.69. The minimum absolute atomic E-state index is 0.0108. The quantitative estimate of drug-likeness (QED) is 0.527. The van der Waals surface area contributed by atoms with Gasteiger partial charge in [0.1, 0.15) is 0 Å². The summed E-state index contributed by atoms with van der Waals surface area (Å²) in [6.07, 6.45) is 8.80. The third-order valence-corrected chi connectivity index (χ3v) is 10.5. The summed E-state index contributed by atoms with van der Waals surface area (Å²) in [5, 5.41) is 5.39. The first-order valence-corrected chi connectivity index (χ1v) is 14.8. The van der Waals surface area contributed by atoms with Gasteiger partial charge in [0, 0.05) is 12.1 Å². The van der Waals surface area contributed by atoms with Gasteiger partial charge in [-0.3, -0.25) is 9.63 Å². The minimum Gasteiger partial charge on any atom is -0.404 e. The number of aryl methyl sites for hydroxylation is 1. The molecule has 37 heavy (non-hydrogen) atoms. The number of nitrogens with one attached hydrogen (secondary N) is 1. The van der Waals surface area contributed by atoms with Crippen molar-refractivity contribution >= 4 is 13.0 Å². The zero-order chi connectivity index (χ0) is 25.9. The van der Waals surface area contributed by atoms with Gasteiger partial charge in [0.05, 0.1) is 30.3 Å². The normalized spacial score (nSPS) is 35.1. The van der Waals surface area contributed by atoms with Crippen molar-refractivity contribution in [3.63, 3.8) is 0 Å². The molecule has 2 saturated heterocycles. The second-order valence-electron chi connectivity index (χ2n) is 13.5. The number of benzene rings is 1. The van der Waals surface area contributed by atoms with Crippen LogP contribution in [0.15, 0.2) is 18.2 Å². The molecule has 2 aliphatic heterocycles. The van der Waals surface area contributed by atoms with E-state index in [2.05, 4.69) is 51.1 Å². The number of hydrogen-bond donors (Lipinski definition) is 1. The molecule has 4 aliphatic carbocycles. The summed E-state index contributed by atoms with van der Waals surface area (Å²) in [4.78, 5) is 19.5. The van der Waals surface area contributed by atoms with Crippen LogP contribution in [0.25, 0.3) is 0 Å². The zero-order valence-electron chi connectivity index (χ0n) is 23.4. The number of nitrogens with zero attached hydrogens (tertiary/aromatic N) is 1. The van der Waals surface area contributed by atoms with Gasteiger partial charge in [0.2, 0.25) is 0 Å². The third kappa shape index (κ3) is 4.38. The largest absolute Gasteiger partial charge is 0.478 e. The summed E-state index contributed by atoms with van der Waals surface area (Å²) in [6.45, 7) is 12.8. The Kier molecular flexibility index (Phi) is 6.75. The van der Waals surface area contributed by atoms with Crippen LogP contribution >= 0.6 is 0 Å². The van der Waals surface area contributed by atoms with Crippen LogP contribution in [0.1, 0.15) is 94.6 Å². The Labute approximate surface area is 223 Å². The van der Waals surface area contributed by atoms with E-state index < -0.39 is 0 Å². The smallest absolute Gasteiger partial charge is 0.404 e. The molecule has 0 spiro atoms. The van der Waals surface area contributed by atoms with E-state index in [0.717, 1.165) is 43.6 Å². The van der Waals surface area contributed by atoms with Crippen LogP contribution in [-0.4, -0.2) is 54.9 Å². The Balaban J connectivity index is 1.16. The van der Waals surface area contributed by atoms with Gasteiger partial charge in [-0.2, -0.15) is 5.06 Å². The maximum atomic E-state index is 13.3. The van der Waals surface area contributed by atoms with Gasteiger partial charge >= 0.3 is 7.12 Å². The molecule has 6 nitrogen and oxygen atoms in total. The molecule has 3 saturated carbocycles. The van der Waals surface area contributed by atoms with Gasteiger partial charge in [-0.05, 0) is 98.7 Å². The molecule has 1 aromatic rings. The Morgan fingerprint density at radius 2 is 2.00 bits per heavy atom. The third-order valence-electron chi connectivity index (χ3n) is 10.5. The molecule has 2 bridgehead atoms. The van der Waals surface area contributed by atoms with E-state index in [1.165, 1.54) is 30.4 Å². The van der Waals surface area contributed by atoms with E-state index in [0.29, 0.717) is 30.4 Å². The molecule has 1 amide bonds. The van der Waals surface area contributed by atoms with Gasteiger partial charge in [-0.15, -0.1) is 0 Å². The average Bonchev–Trinajstić information content (AvgIpc) is 3.48. The molecule has 5 fully saturated rings. The molecule has 7 rings (SSSR count). The standard InChI is InChI=1S/C30H45BN2O4/c1-19(2)15-27(31-36-26-17-21-16-25(29(21,3)4)30(26,5)37-31)33-22(13-14-35-33)18-32-28(34)24-12-8-10-20-9-6-7-11-23(20)24/h8,10,12,19,21-22,25-27H,6-7,9,11,13-18H2,1-5H3,(H,32,34)/t21-,22?,25-,26+,27-,30-/m0/s1. The second kappa shape index (κ2) is 9.65. The van der Waals surface area contributed by atoms with E-state index in [1.807, 2.05) is 12.1 Å². The Hall–Kier alpha value is -1.41. The van der Waals surface area contributed by atoms with Crippen molar-refractivity contribution in [2.45, 2.75) is 110 Å². The average molecular weight is 509 g/mol.